The molecule has 0 radical (unpaired) electrons. The predicted octanol–water partition coefficient (Wildman–Crippen LogP) is 3.84. The zero-order valence-corrected chi connectivity index (χ0v) is 19.7. The second-order valence-corrected chi connectivity index (χ2v) is 8.82. The van der Waals surface area contributed by atoms with Crippen molar-refractivity contribution >= 4 is 29.5 Å². The largest absolute Gasteiger partial charge is 0.456 e. The number of thioether (sulfide) groups is 1. The van der Waals surface area contributed by atoms with Crippen molar-refractivity contribution in [3.63, 3.8) is 0 Å². The molecule has 0 spiro atoms. The number of benzene rings is 1. The van der Waals surface area contributed by atoms with Crippen LogP contribution in [0.5, 0.6) is 11.5 Å². The van der Waals surface area contributed by atoms with E-state index in [1.807, 2.05) is 0 Å². The Kier molecular flexibility index (Phi) is 7.88. The smallest absolute Gasteiger partial charge is 0.446 e. The van der Waals surface area contributed by atoms with E-state index in [0.29, 0.717) is 41.6 Å². The van der Waals surface area contributed by atoms with Crippen LogP contribution in [0.3, 0.4) is 0 Å². The number of aryl methyl sites for hydroxylation is 1. The molecule has 4 rings (SSSR count). The Balaban J connectivity index is 1.36. The monoisotopic (exact) mass is 507 g/mol. The lowest BCUT2D eigenvalue weighted by atomic mass is 10.3. The first-order valence-corrected chi connectivity index (χ1v) is 11.7. The number of nitrogens with zero attached hydrogens (tertiary/aromatic N) is 6. The summed E-state index contributed by atoms with van der Waals surface area (Å²) < 4.78 is 43.0. The van der Waals surface area contributed by atoms with Crippen LogP contribution in [0.25, 0.3) is 0 Å². The fraction of sp³-hybridized carbons (Fsp3) is 0.364. The van der Waals surface area contributed by atoms with Gasteiger partial charge < -0.3 is 20.1 Å². The molecule has 0 atom stereocenters. The first-order valence-electron chi connectivity index (χ1n) is 10.8. The van der Waals surface area contributed by atoms with Gasteiger partial charge in [-0.05, 0) is 55.1 Å². The highest BCUT2D eigenvalue weighted by Gasteiger charge is 2.29. The maximum atomic E-state index is 12.5. The van der Waals surface area contributed by atoms with Crippen molar-refractivity contribution in [3.05, 3.63) is 48.4 Å². The van der Waals surface area contributed by atoms with Crippen molar-refractivity contribution in [3.8, 4) is 11.5 Å². The lowest BCUT2D eigenvalue weighted by molar-refractivity contribution is -0.0328. The zero-order valence-electron chi connectivity index (χ0n) is 18.9. The van der Waals surface area contributed by atoms with Crippen LogP contribution in [0.15, 0.2) is 47.5 Å². The molecule has 2 aromatic heterocycles. The summed E-state index contributed by atoms with van der Waals surface area (Å²) in [6.45, 7) is 5.74. The maximum absolute atomic E-state index is 12.5. The average molecular weight is 508 g/mol. The number of halogens is 3. The molecular formula is C22H24F3N7O2S. The number of β-amino-alcohol motifs (C(OH)–C–C–N with tert-alkyl or cyclic N) is 1. The summed E-state index contributed by atoms with van der Waals surface area (Å²) in [6, 6.07) is 9.02. The van der Waals surface area contributed by atoms with Crippen LogP contribution in [0, 0.1) is 6.92 Å². The molecule has 1 saturated heterocycles. The summed E-state index contributed by atoms with van der Waals surface area (Å²) in [5.74, 6) is 2.84. The van der Waals surface area contributed by atoms with Crippen LogP contribution in [0.2, 0.25) is 0 Å². The molecule has 13 heteroatoms. The summed E-state index contributed by atoms with van der Waals surface area (Å²) in [5, 5.41) is 12.2. The minimum Gasteiger partial charge on any atom is -0.456 e. The van der Waals surface area contributed by atoms with Crippen molar-refractivity contribution < 1.29 is 23.0 Å². The molecule has 1 aromatic carbocycles. The lowest BCUT2D eigenvalue weighted by Crippen LogP contribution is -2.47. The number of aliphatic hydroxyl groups is 1. The van der Waals surface area contributed by atoms with Gasteiger partial charge in [-0.1, -0.05) is 0 Å². The highest BCUT2D eigenvalue weighted by Crippen LogP contribution is 2.37. The quantitative estimate of drug-likeness (QED) is 0.438. The number of pyridine rings is 1. The molecule has 3 heterocycles. The maximum Gasteiger partial charge on any atom is 0.446 e. The summed E-state index contributed by atoms with van der Waals surface area (Å²) in [6.07, 6.45) is 1.50. The highest BCUT2D eigenvalue weighted by molar-refractivity contribution is 8.00. The molecule has 2 N–H and O–H groups in total. The van der Waals surface area contributed by atoms with Crippen LogP contribution in [0.1, 0.15) is 5.82 Å². The van der Waals surface area contributed by atoms with E-state index in [0.717, 1.165) is 26.2 Å². The molecule has 9 nitrogen and oxygen atoms in total. The van der Waals surface area contributed by atoms with Crippen LogP contribution in [-0.2, 0) is 0 Å². The average Bonchev–Trinajstić information content (AvgIpc) is 2.81. The van der Waals surface area contributed by atoms with Crippen LogP contribution in [0.4, 0.5) is 30.9 Å². The fourth-order valence-corrected chi connectivity index (χ4v) is 3.99. The summed E-state index contributed by atoms with van der Waals surface area (Å²) in [7, 11) is 0. The molecule has 35 heavy (non-hydrogen) atoms. The molecule has 3 aromatic rings. The molecule has 0 saturated carbocycles. The third kappa shape index (κ3) is 7.41. The predicted molar refractivity (Wildman–Crippen MR) is 126 cm³/mol. The number of ether oxygens (including phenoxy) is 1. The van der Waals surface area contributed by atoms with Crippen LogP contribution >= 0.6 is 11.8 Å². The SMILES string of the molecule is Cc1nc(Nc2ccc(Oc3ccc(SC(F)(F)F)cc3)cn2)nc(N2CCN(CCO)CC2)n1. The Morgan fingerprint density at radius 1 is 1.00 bits per heavy atom. The number of nitrogens with one attached hydrogen (secondary N) is 1. The molecule has 0 aliphatic carbocycles. The number of aliphatic hydroxyl groups excluding tert-OH is 1. The second-order valence-electron chi connectivity index (χ2n) is 7.68. The minimum atomic E-state index is -4.33. The third-order valence-corrected chi connectivity index (χ3v) is 5.82. The minimum absolute atomic E-state index is 0.0848. The van der Waals surface area contributed by atoms with Gasteiger partial charge in [-0.15, -0.1) is 0 Å². The van der Waals surface area contributed by atoms with Gasteiger partial charge in [-0.25, -0.2) is 4.98 Å². The molecule has 186 valence electrons. The summed E-state index contributed by atoms with van der Waals surface area (Å²) >= 11 is -0.175. The number of hydrogen-bond acceptors (Lipinski definition) is 10. The van der Waals surface area contributed by atoms with E-state index in [1.54, 1.807) is 19.1 Å². The van der Waals surface area contributed by atoms with Gasteiger partial charge in [-0.2, -0.15) is 28.1 Å². The molecule has 0 bridgehead atoms. The summed E-state index contributed by atoms with van der Waals surface area (Å²) in [5.41, 5.74) is -4.33. The standard InChI is InChI=1S/C22H24F3N7O2S/c1-15-27-20(30-21(28-15)32-10-8-31(9-11-32)12-13-33)29-19-7-4-17(14-26-19)34-16-2-5-18(6-3-16)35-22(23,24)25/h2-7,14,33H,8-13H2,1H3,(H,26,27,28,29,30). The Bertz CT molecular complexity index is 1110. The van der Waals surface area contributed by atoms with E-state index in [-0.39, 0.29) is 23.3 Å². The Morgan fingerprint density at radius 2 is 1.71 bits per heavy atom. The van der Waals surface area contributed by atoms with Crippen LogP contribution < -0.4 is 15.0 Å². The fourth-order valence-electron chi connectivity index (χ4n) is 3.45. The van der Waals surface area contributed by atoms with Gasteiger partial charge in [0.2, 0.25) is 11.9 Å². The van der Waals surface area contributed by atoms with Gasteiger partial charge in [0, 0.05) is 37.6 Å². The molecule has 1 aliphatic rings. The normalized spacial score (nSPS) is 14.7. The van der Waals surface area contributed by atoms with E-state index in [1.165, 1.54) is 30.5 Å². The van der Waals surface area contributed by atoms with Gasteiger partial charge in [0.1, 0.15) is 23.1 Å². The van der Waals surface area contributed by atoms with Gasteiger partial charge in [0.05, 0.1) is 12.8 Å². The Morgan fingerprint density at radius 3 is 2.34 bits per heavy atom. The first-order chi connectivity index (χ1) is 16.8. The molecular weight excluding hydrogens is 483 g/mol. The summed E-state index contributed by atoms with van der Waals surface area (Å²) in [4.78, 5) is 22.0. The van der Waals surface area contributed by atoms with E-state index >= 15 is 0 Å². The third-order valence-electron chi connectivity index (χ3n) is 5.08. The van der Waals surface area contributed by atoms with Crippen molar-refractivity contribution in [2.24, 2.45) is 0 Å². The van der Waals surface area contributed by atoms with Gasteiger partial charge in [-0.3, -0.25) is 4.90 Å². The van der Waals surface area contributed by atoms with E-state index in [2.05, 4.69) is 35.1 Å². The number of rotatable bonds is 8. The number of alkyl halides is 3. The molecule has 0 amide bonds. The lowest BCUT2D eigenvalue weighted by Gasteiger charge is -2.34. The van der Waals surface area contributed by atoms with E-state index < -0.39 is 5.51 Å². The van der Waals surface area contributed by atoms with E-state index in [4.69, 9.17) is 9.84 Å². The Hall–Kier alpha value is -3.16. The van der Waals surface area contributed by atoms with Crippen LogP contribution in [-0.4, -0.2) is 74.8 Å². The molecule has 1 aliphatic heterocycles. The number of anilines is 3. The van der Waals surface area contributed by atoms with Gasteiger partial charge in [0.15, 0.2) is 0 Å². The van der Waals surface area contributed by atoms with Crippen molar-refractivity contribution in [2.45, 2.75) is 17.3 Å². The van der Waals surface area contributed by atoms with Crippen molar-refractivity contribution in [1.29, 1.82) is 0 Å². The molecule has 0 unspecified atom stereocenters. The number of piperazine rings is 1. The highest BCUT2D eigenvalue weighted by atomic mass is 32.2. The van der Waals surface area contributed by atoms with Gasteiger partial charge >= 0.3 is 5.51 Å². The van der Waals surface area contributed by atoms with Gasteiger partial charge in [0.25, 0.3) is 0 Å². The van der Waals surface area contributed by atoms with E-state index in [9.17, 15) is 13.2 Å². The number of hydrogen-bond donors (Lipinski definition) is 2. The Labute approximate surface area is 204 Å². The van der Waals surface area contributed by atoms with Crippen molar-refractivity contribution in [2.75, 3.05) is 49.5 Å². The topological polar surface area (TPSA) is 99.5 Å². The van der Waals surface area contributed by atoms with Crippen molar-refractivity contribution in [1.82, 2.24) is 24.8 Å². The first kappa shape index (κ1) is 24.9. The zero-order chi connectivity index (χ0) is 24.8. The number of aromatic nitrogens is 4. The second kappa shape index (κ2) is 11.1. The molecule has 1 fully saturated rings.